The van der Waals surface area contributed by atoms with Crippen molar-refractivity contribution in [1.82, 2.24) is 10.2 Å². The smallest absolute Gasteiger partial charge is 0.0233 e. The Bertz CT molecular complexity index is 406. The molecule has 1 aromatic carbocycles. The number of hydrogen-bond acceptors (Lipinski definition) is 2. The van der Waals surface area contributed by atoms with Gasteiger partial charge in [0.05, 0.1) is 0 Å². The summed E-state index contributed by atoms with van der Waals surface area (Å²) in [5.41, 5.74) is 3.03. The van der Waals surface area contributed by atoms with Crippen LogP contribution in [-0.4, -0.2) is 31.1 Å². The van der Waals surface area contributed by atoms with Crippen molar-refractivity contribution in [3.63, 3.8) is 0 Å². The zero-order valence-electron chi connectivity index (χ0n) is 12.8. The Morgan fingerprint density at radius 3 is 2.55 bits per heavy atom. The molecule has 0 aliphatic carbocycles. The number of hydrogen-bond donors (Lipinski definition) is 1. The lowest BCUT2D eigenvalue weighted by atomic mass is 9.90. The van der Waals surface area contributed by atoms with E-state index in [-0.39, 0.29) is 0 Å². The number of rotatable bonds is 3. The van der Waals surface area contributed by atoms with E-state index in [2.05, 4.69) is 41.4 Å². The van der Waals surface area contributed by atoms with Gasteiger partial charge in [0, 0.05) is 13.1 Å². The fourth-order valence-corrected chi connectivity index (χ4v) is 3.74. The highest BCUT2D eigenvalue weighted by atomic mass is 15.1. The Hall–Kier alpha value is -0.860. The molecule has 2 saturated heterocycles. The Morgan fingerprint density at radius 2 is 1.85 bits per heavy atom. The molecule has 2 fully saturated rings. The maximum Gasteiger partial charge on any atom is 0.0233 e. The third-order valence-corrected chi connectivity index (χ3v) is 4.94. The average molecular weight is 272 g/mol. The molecule has 110 valence electrons. The van der Waals surface area contributed by atoms with E-state index in [0.29, 0.717) is 0 Å². The van der Waals surface area contributed by atoms with Gasteiger partial charge in [0.15, 0.2) is 0 Å². The Kier molecular flexibility index (Phi) is 4.74. The molecule has 0 aromatic heterocycles. The molecule has 1 N–H and O–H groups in total. The zero-order chi connectivity index (χ0) is 13.8. The van der Waals surface area contributed by atoms with Crippen molar-refractivity contribution in [1.29, 1.82) is 0 Å². The highest BCUT2D eigenvalue weighted by Gasteiger charge is 2.17. The zero-order valence-corrected chi connectivity index (χ0v) is 12.8. The number of piperidine rings is 2. The van der Waals surface area contributed by atoms with E-state index < -0.39 is 0 Å². The maximum atomic E-state index is 3.45. The summed E-state index contributed by atoms with van der Waals surface area (Å²) in [6.07, 6.45) is 5.37. The molecular weight excluding hydrogens is 244 g/mol. The normalized spacial score (nSPS) is 25.8. The van der Waals surface area contributed by atoms with Crippen LogP contribution in [0.2, 0.25) is 0 Å². The molecule has 0 spiro atoms. The van der Waals surface area contributed by atoms with Crippen molar-refractivity contribution >= 4 is 0 Å². The SMILES string of the molecule is CC1CCCN(Cc2ccc(C3CCNCC3)cc2)C1. The minimum Gasteiger partial charge on any atom is -0.317 e. The Labute approximate surface area is 123 Å². The molecule has 1 unspecified atom stereocenters. The summed E-state index contributed by atoms with van der Waals surface area (Å²) in [6.45, 7) is 8.43. The quantitative estimate of drug-likeness (QED) is 0.907. The molecule has 2 heteroatoms. The second-order valence-electron chi connectivity index (χ2n) is 6.75. The van der Waals surface area contributed by atoms with Crippen LogP contribution in [0, 0.1) is 5.92 Å². The molecule has 0 amide bonds. The van der Waals surface area contributed by atoms with Gasteiger partial charge in [0.2, 0.25) is 0 Å². The molecular formula is C18H28N2. The van der Waals surface area contributed by atoms with Gasteiger partial charge in [0.25, 0.3) is 0 Å². The van der Waals surface area contributed by atoms with Crippen LogP contribution in [0.15, 0.2) is 24.3 Å². The molecule has 0 bridgehead atoms. The molecule has 20 heavy (non-hydrogen) atoms. The summed E-state index contributed by atoms with van der Waals surface area (Å²) in [6, 6.07) is 9.46. The van der Waals surface area contributed by atoms with E-state index in [0.717, 1.165) is 18.4 Å². The van der Waals surface area contributed by atoms with E-state index in [9.17, 15) is 0 Å². The van der Waals surface area contributed by atoms with E-state index in [1.54, 1.807) is 5.56 Å². The first-order valence-electron chi connectivity index (χ1n) is 8.33. The molecule has 0 radical (unpaired) electrons. The summed E-state index contributed by atoms with van der Waals surface area (Å²) < 4.78 is 0. The van der Waals surface area contributed by atoms with E-state index in [1.165, 1.54) is 57.4 Å². The molecule has 1 aromatic rings. The van der Waals surface area contributed by atoms with E-state index in [1.807, 2.05) is 0 Å². The van der Waals surface area contributed by atoms with Gasteiger partial charge in [-0.25, -0.2) is 0 Å². The van der Waals surface area contributed by atoms with Crippen LogP contribution in [-0.2, 0) is 6.54 Å². The molecule has 2 heterocycles. The van der Waals surface area contributed by atoms with Crippen molar-refractivity contribution in [2.24, 2.45) is 5.92 Å². The fraction of sp³-hybridized carbons (Fsp3) is 0.667. The largest absolute Gasteiger partial charge is 0.317 e. The van der Waals surface area contributed by atoms with E-state index >= 15 is 0 Å². The summed E-state index contributed by atoms with van der Waals surface area (Å²) in [4.78, 5) is 2.62. The average Bonchev–Trinajstić information content (AvgIpc) is 2.49. The van der Waals surface area contributed by atoms with Crippen molar-refractivity contribution in [3.8, 4) is 0 Å². The predicted molar refractivity (Wildman–Crippen MR) is 85.0 cm³/mol. The van der Waals surface area contributed by atoms with Gasteiger partial charge in [-0.05, 0) is 68.3 Å². The van der Waals surface area contributed by atoms with Crippen LogP contribution in [0.1, 0.15) is 49.7 Å². The third kappa shape index (κ3) is 3.62. The van der Waals surface area contributed by atoms with Crippen LogP contribution >= 0.6 is 0 Å². The minimum absolute atomic E-state index is 0.778. The monoisotopic (exact) mass is 272 g/mol. The first-order valence-corrected chi connectivity index (χ1v) is 8.33. The Balaban J connectivity index is 1.58. The number of likely N-dealkylation sites (tertiary alicyclic amines) is 1. The standard InChI is InChI=1S/C18H28N2/c1-15-3-2-12-20(13-15)14-16-4-6-17(7-5-16)18-8-10-19-11-9-18/h4-7,15,18-19H,2-3,8-14H2,1H3. The number of nitrogens with zero attached hydrogens (tertiary/aromatic N) is 1. The van der Waals surface area contributed by atoms with Crippen molar-refractivity contribution in [2.45, 2.75) is 45.1 Å². The van der Waals surface area contributed by atoms with Crippen molar-refractivity contribution in [2.75, 3.05) is 26.2 Å². The fourth-order valence-electron chi connectivity index (χ4n) is 3.74. The molecule has 2 aliphatic rings. The number of benzene rings is 1. The topological polar surface area (TPSA) is 15.3 Å². The molecule has 3 rings (SSSR count). The van der Waals surface area contributed by atoms with Gasteiger partial charge in [-0.2, -0.15) is 0 Å². The second kappa shape index (κ2) is 6.73. The van der Waals surface area contributed by atoms with Crippen LogP contribution in [0.4, 0.5) is 0 Å². The summed E-state index contributed by atoms with van der Waals surface area (Å²) in [5.74, 6) is 1.65. The van der Waals surface area contributed by atoms with Gasteiger partial charge < -0.3 is 5.32 Å². The minimum atomic E-state index is 0.778. The van der Waals surface area contributed by atoms with E-state index in [4.69, 9.17) is 0 Å². The first kappa shape index (κ1) is 14.1. The molecule has 1 atom stereocenters. The van der Waals surface area contributed by atoms with Gasteiger partial charge >= 0.3 is 0 Å². The van der Waals surface area contributed by atoms with Gasteiger partial charge in [-0.3, -0.25) is 4.90 Å². The van der Waals surface area contributed by atoms with Gasteiger partial charge in [0.1, 0.15) is 0 Å². The highest BCUT2D eigenvalue weighted by molar-refractivity contribution is 5.26. The van der Waals surface area contributed by atoms with Crippen LogP contribution < -0.4 is 5.32 Å². The highest BCUT2D eigenvalue weighted by Crippen LogP contribution is 2.26. The van der Waals surface area contributed by atoms with Gasteiger partial charge in [-0.15, -0.1) is 0 Å². The maximum absolute atomic E-state index is 3.45. The lowest BCUT2D eigenvalue weighted by Gasteiger charge is -2.31. The molecule has 0 saturated carbocycles. The van der Waals surface area contributed by atoms with Crippen LogP contribution in [0.5, 0.6) is 0 Å². The second-order valence-corrected chi connectivity index (χ2v) is 6.75. The molecule has 2 nitrogen and oxygen atoms in total. The lowest BCUT2D eigenvalue weighted by Crippen LogP contribution is -2.33. The number of nitrogens with one attached hydrogen (secondary N) is 1. The summed E-state index contributed by atoms with van der Waals surface area (Å²) >= 11 is 0. The van der Waals surface area contributed by atoms with Crippen molar-refractivity contribution in [3.05, 3.63) is 35.4 Å². The Morgan fingerprint density at radius 1 is 1.10 bits per heavy atom. The third-order valence-electron chi connectivity index (χ3n) is 4.94. The van der Waals surface area contributed by atoms with Crippen LogP contribution in [0.3, 0.4) is 0 Å². The van der Waals surface area contributed by atoms with Crippen LogP contribution in [0.25, 0.3) is 0 Å². The first-order chi connectivity index (χ1) is 9.81. The lowest BCUT2D eigenvalue weighted by molar-refractivity contribution is 0.176. The van der Waals surface area contributed by atoms with Crippen molar-refractivity contribution < 1.29 is 0 Å². The summed E-state index contributed by atoms with van der Waals surface area (Å²) in [5, 5.41) is 3.45. The predicted octanol–water partition coefficient (Wildman–Crippen LogP) is 3.39. The molecule has 2 aliphatic heterocycles. The van der Waals surface area contributed by atoms with Gasteiger partial charge in [-0.1, -0.05) is 31.2 Å². The summed E-state index contributed by atoms with van der Waals surface area (Å²) in [7, 11) is 0.